The van der Waals surface area contributed by atoms with Gasteiger partial charge in [0.1, 0.15) is 17.9 Å². The zero-order valence-electron chi connectivity index (χ0n) is 14.7. The van der Waals surface area contributed by atoms with Gasteiger partial charge in [-0.05, 0) is 31.9 Å². The fraction of sp³-hybridized carbons (Fsp3) is 0.450. The van der Waals surface area contributed by atoms with Crippen molar-refractivity contribution in [2.24, 2.45) is 11.8 Å². The summed E-state index contributed by atoms with van der Waals surface area (Å²) >= 11 is 0. The van der Waals surface area contributed by atoms with Gasteiger partial charge in [0.2, 0.25) is 17.7 Å². The Bertz CT molecular complexity index is 815. The van der Waals surface area contributed by atoms with Crippen LogP contribution in [0, 0.1) is 11.8 Å². The monoisotopic (exact) mass is 354 g/mol. The van der Waals surface area contributed by atoms with E-state index < -0.39 is 0 Å². The van der Waals surface area contributed by atoms with E-state index in [0.717, 1.165) is 41.6 Å². The summed E-state index contributed by atoms with van der Waals surface area (Å²) in [6.07, 6.45) is 3.46. The highest BCUT2D eigenvalue weighted by Gasteiger charge is 2.48. The number of furan rings is 1. The molecule has 1 aromatic heterocycles. The van der Waals surface area contributed by atoms with Crippen molar-refractivity contribution in [1.82, 2.24) is 10.2 Å². The van der Waals surface area contributed by atoms with Gasteiger partial charge < -0.3 is 9.73 Å². The molecule has 0 radical (unpaired) electrons. The van der Waals surface area contributed by atoms with Gasteiger partial charge in [-0.15, -0.1) is 0 Å². The molecule has 1 aromatic carbocycles. The number of hydrogen-bond acceptors (Lipinski definition) is 4. The second-order valence-electron chi connectivity index (χ2n) is 7.24. The van der Waals surface area contributed by atoms with Crippen LogP contribution in [-0.2, 0) is 14.4 Å². The topological polar surface area (TPSA) is 79.6 Å². The molecule has 3 unspecified atom stereocenters. The first-order valence-corrected chi connectivity index (χ1v) is 9.17. The minimum absolute atomic E-state index is 0.189. The smallest absolute Gasteiger partial charge is 0.240 e. The summed E-state index contributed by atoms with van der Waals surface area (Å²) in [5.74, 6) is -0.531. The quantitative estimate of drug-likeness (QED) is 0.856. The van der Waals surface area contributed by atoms with Gasteiger partial charge >= 0.3 is 0 Å². The Labute approximate surface area is 151 Å². The van der Waals surface area contributed by atoms with Gasteiger partial charge in [0, 0.05) is 5.39 Å². The number of carbonyl (C=O) groups is 3. The summed E-state index contributed by atoms with van der Waals surface area (Å²) in [6, 6.07) is 9.18. The van der Waals surface area contributed by atoms with E-state index in [9.17, 15) is 14.4 Å². The van der Waals surface area contributed by atoms with Crippen LogP contribution < -0.4 is 5.32 Å². The number of amides is 3. The first-order valence-electron chi connectivity index (χ1n) is 9.17. The number of nitrogens with one attached hydrogen (secondary N) is 1. The molecule has 1 saturated carbocycles. The van der Waals surface area contributed by atoms with Crippen LogP contribution in [0.3, 0.4) is 0 Å². The lowest BCUT2D eigenvalue weighted by Gasteiger charge is -2.19. The number of benzene rings is 1. The normalized spacial score (nSPS) is 24.0. The van der Waals surface area contributed by atoms with Crippen molar-refractivity contribution in [3.63, 3.8) is 0 Å². The Morgan fingerprint density at radius 2 is 1.85 bits per heavy atom. The highest BCUT2D eigenvalue weighted by Crippen LogP contribution is 2.37. The third kappa shape index (κ3) is 2.89. The Morgan fingerprint density at radius 3 is 2.50 bits per heavy atom. The summed E-state index contributed by atoms with van der Waals surface area (Å²) < 4.78 is 5.76. The Balaban J connectivity index is 1.42. The standard InChI is InChI=1S/C20H22N2O4/c1-12(17-10-13-6-2-5-9-16(13)26-17)21-18(23)11-22-19(24)14-7-3-4-8-15(14)20(22)25/h2,5-6,9-10,12,14-15H,3-4,7-8,11H2,1H3,(H,21,23). The van der Waals surface area contributed by atoms with Crippen LogP contribution in [-0.4, -0.2) is 29.2 Å². The van der Waals surface area contributed by atoms with Gasteiger partial charge in [0.15, 0.2) is 0 Å². The molecule has 4 rings (SSSR count). The van der Waals surface area contributed by atoms with Crippen molar-refractivity contribution in [3.05, 3.63) is 36.1 Å². The number of nitrogens with zero attached hydrogens (tertiary/aromatic N) is 1. The number of fused-ring (bicyclic) bond motifs is 2. The van der Waals surface area contributed by atoms with Crippen LogP contribution in [0.1, 0.15) is 44.4 Å². The van der Waals surface area contributed by atoms with Gasteiger partial charge in [0.25, 0.3) is 0 Å². The number of para-hydroxylation sites is 1. The number of carbonyl (C=O) groups excluding carboxylic acids is 3. The van der Waals surface area contributed by atoms with E-state index >= 15 is 0 Å². The van der Waals surface area contributed by atoms with Crippen LogP contribution in [0.2, 0.25) is 0 Å². The summed E-state index contributed by atoms with van der Waals surface area (Å²) in [5, 5.41) is 3.80. The largest absolute Gasteiger partial charge is 0.459 e. The molecule has 6 nitrogen and oxygen atoms in total. The second-order valence-corrected chi connectivity index (χ2v) is 7.24. The molecule has 0 spiro atoms. The van der Waals surface area contributed by atoms with E-state index in [4.69, 9.17) is 4.42 Å². The molecule has 1 aliphatic carbocycles. The van der Waals surface area contributed by atoms with Crippen molar-refractivity contribution in [2.75, 3.05) is 6.54 Å². The maximum atomic E-state index is 12.5. The summed E-state index contributed by atoms with van der Waals surface area (Å²) in [7, 11) is 0. The molecule has 3 amide bonds. The maximum absolute atomic E-state index is 12.5. The fourth-order valence-corrected chi connectivity index (χ4v) is 4.10. The summed E-state index contributed by atoms with van der Waals surface area (Å²) in [6.45, 7) is 1.61. The fourth-order valence-electron chi connectivity index (χ4n) is 4.10. The molecule has 2 fully saturated rings. The first kappa shape index (κ1) is 16.8. The van der Waals surface area contributed by atoms with E-state index in [1.807, 2.05) is 37.3 Å². The molecule has 1 aliphatic heterocycles. The average molecular weight is 354 g/mol. The van der Waals surface area contributed by atoms with Gasteiger partial charge in [-0.3, -0.25) is 19.3 Å². The van der Waals surface area contributed by atoms with Crippen molar-refractivity contribution >= 4 is 28.7 Å². The highest BCUT2D eigenvalue weighted by atomic mass is 16.3. The third-order valence-corrected chi connectivity index (χ3v) is 5.48. The lowest BCUT2D eigenvalue weighted by atomic mass is 9.81. The molecule has 2 heterocycles. The molecule has 136 valence electrons. The first-order chi connectivity index (χ1) is 12.5. The second kappa shape index (κ2) is 6.59. The molecule has 2 aromatic rings. The molecule has 1 N–H and O–H groups in total. The number of likely N-dealkylation sites (tertiary alicyclic amines) is 1. The minimum atomic E-state index is -0.349. The van der Waals surface area contributed by atoms with Crippen LogP contribution >= 0.6 is 0 Å². The maximum Gasteiger partial charge on any atom is 0.240 e. The Kier molecular flexibility index (Phi) is 4.26. The van der Waals surface area contributed by atoms with Crippen molar-refractivity contribution in [3.8, 4) is 0 Å². The van der Waals surface area contributed by atoms with E-state index in [2.05, 4.69) is 5.32 Å². The van der Waals surface area contributed by atoms with Gasteiger partial charge in [-0.2, -0.15) is 0 Å². The molecule has 26 heavy (non-hydrogen) atoms. The number of rotatable bonds is 4. The van der Waals surface area contributed by atoms with Crippen molar-refractivity contribution in [1.29, 1.82) is 0 Å². The molecule has 6 heteroatoms. The molecular formula is C20H22N2O4. The number of imide groups is 1. The molecular weight excluding hydrogens is 332 g/mol. The zero-order chi connectivity index (χ0) is 18.3. The Morgan fingerprint density at radius 1 is 1.19 bits per heavy atom. The van der Waals surface area contributed by atoms with Gasteiger partial charge in [-0.25, -0.2) is 0 Å². The van der Waals surface area contributed by atoms with E-state index in [0.29, 0.717) is 5.76 Å². The SMILES string of the molecule is CC(NC(=O)CN1C(=O)C2CCCCC2C1=O)c1cc2ccccc2o1. The van der Waals surface area contributed by atoms with Crippen LogP contribution in [0.15, 0.2) is 34.7 Å². The minimum Gasteiger partial charge on any atom is -0.459 e. The molecule has 3 atom stereocenters. The summed E-state index contributed by atoms with van der Waals surface area (Å²) in [4.78, 5) is 38.5. The predicted octanol–water partition coefficient (Wildman–Crippen LogP) is 2.79. The lowest BCUT2D eigenvalue weighted by molar-refractivity contribution is -0.143. The van der Waals surface area contributed by atoms with E-state index in [1.165, 1.54) is 0 Å². The zero-order valence-corrected chi connectivity index (χ0v) is 14.7. The van der Waals surface area contributed by atoms with Gasteiger partial charge in [0.05, 0.1) is 17.9 Å². The van der Waals surface area contributed by atoms with E-state index in [-0.39, 0.29) is 42.1 Å². The van der Waals surface area contributed by atoms with Crippen molar-refractivity contribution in [2.45, 2.75) is 38.6 Å². The molecule has 1 saturated heterocycles. The van der Waals surface area contributed by atoms with Gasteiger partial charge in [-0.1, -0.05) is 31.0 Å². The third-order valence-electron chi connectivity index (χ3n) is 5.48. The number of hydrogen-bond donors (Lipinski definition) is 1. The Hall–Kier alpha value is -2.63. The van der Waals surface area contributed by atoms with E-state index in [1.54, 1.807) is 0 Å². The summed E-state index contributed by atoms with van der Waals surface area (Å²) in [5.41, 5.74) is 0.762. The van der Waals surface area contributed by atoms with Crippen molar-refractivity contribution < 1.29 is 18.8 Å². The molecule has 2 aliphatic rings. The van der Waals surface area contributed by atoms with Crippen LogP contribution in [0.4, 0.5) is 0 Å². The lowest BCUT2D eigenvalue weighted by Crippen LogP contribution is -2.41. The highest BCUT2D eigenvalue weighted by molar-refractivity contribution is 6.07. The van der Waals surface area contributed by atoms with Crippen LogP contribution in [0.5, 0.6) is 0 Å². The predicted molar refractivity (Wildman–Crippen MR) is 94.9 cm³/mol. The van der Waals surface area contributed by atoms with Crippen LogP contribution in [0.25, 0.3) is 11.0 Å². The average Bonchev–Trinajstić information content (AvgIpc) is 3.18. The molecule has 0 bridgehead atoms.